The third kappa shape index (κ3) is 3.18. The Labute approximate surface area is 119 Å². The number of benzene rings is 1. The lowest BCUT2D eigenvalue weighted by molar-refractivity contribution is -0.133. The van der Waals surface area contributed by atoms with E-state index >= 15 is 0 Å². The molecule has 0 aromatic heterocycles. The van der Waals surface area contributed by atoms with Crippen molar-refractivity contribution in [2.24, 2.45) is 0 Å². The largest absolute Gasteiger partial charge is 0.496 e. The third-order valence-electron chi connectivity index (χ3n) is 3.80. The van der Waals surface area contributed by atoms with Crippen molar-refractivity contribution in [3.05, 3.63) is 28.8 Å². The minimum Gasteiger partial charge on any atom is -0.496 e. The van der Waals surface area contributed by atoms with Crippen LogP contribution in [0.5, 0.6) is 5.75 Å². The van der Waals surface area contributed by atoms with E-state index in [4.69, 9.17) is 4.74 Å². The van der Waals surface area contributed by atoms with Gasteiger partial charge >= 0.3 is 0 Å². The second kappa shape index (κ2) is 6.07. The lowest BCUT2D eigenvalue weighted by atomic mass is 10.00. The lowest BCUT2D eigenvalue weighted by Crippen LogP contribution is -2.39. The first-order chi connectivity index (χ1) is 9.51. The summed E-state index contributed by atoms with van der Waals surface area (Å²) >= 11 is 0. The number of Topliss-reactive ketones (excluding diaryl/α,β-unsaturated/α-hetero) is 1. The van der Waals surface area contributed by atoms with Gasteiger partial charge in [0.25, 0.3) is 0 Å². The standard InChI is InChI=1S/C16H21NO3/c1-11-8-12(2)14(15(9-11)20-3)10-16(19)17-6-4-13(18)5-7-17/h8-9H,4-7,10H2,1-3H3. The van der Waals surface area contributed by atoms with E-state index in [0.717, 1.165) is 22.4 Å². The van der Waals surface area contributed by atoms with Gasteiger partial charge in [-0.2, -0.15) is 0 Å². The molecule has 0 spiro atoms. The highest BCUT2D eigenvalue weighted by molar-refractivity contribution is 5.84. The van der Waals surface area contributed by atoms with E-state index in [1.807, 2.05) is 19.9 Å². The maximum atomic E-state index is 12.3. The summed E-state index contributed by atoms with van der Waals surface area (Å²) in [5.74, 6) is 1.09. The van der Waals surface area contributed by atoms with Crippen LogP contribution in [0.1, 0.15) is 29.5 Å². The van der Waals surface area contributed by atoms with Gasteiger partial charge in [-0.25, -0.2) is 0 Å². The molecule has 108 valence electrons. The highest BCUT2D eigenvalue weighted by Gasteiger charge is 2.22. The number of hydrogen-bond acceptors (Lipinski definition) is 3. The molecule has 1 aromatic carbocycles. The predicted octanol–water partition coefficient (Wildman–Crippen LogP) is 2.05. The number of amides is 1. The van der Waals surface area contributed by atoms with Crippen LogP contribution in [-0.4, -0.2) is 36.8 Å². The maximum absolute atomic E-state index is 12.3. The molecule has 0 atom stereocenters. The van der Waals surface area contributed by atoms with Crippen molar-refractivity contribution < 1.29 is 14.3 Å². The van der Waals surface area contributed by atoms with Crippen molar-refractivity contribution in [2.75, 3.05) is 20.2 Å². The van der Waals surface area contributed by atoms with Gasteiger partial charge in [0.05, 0.1) is 13.5 Å². The molecule has 2 rings (SSSR count). The molecule has 20 heavy (non-hydrogen) atoms. The average molecular weight is 275 g/mol. The average Bonchev–Trinajstić information content (AvgIpc) is 2.42. The van der Waals surface area contributed by atoms with Gasteiger partial charge in [-0.1, -0.05) is 6.07 Å². The summed E-state index contributed by atoms with van der Waals surface area (Å²) in [6, 6.07) is 4.01. The van der Waals surface area contributed by atoms with Gasteiger partial charge in [-0.15, -0.1) is 0 Å². The Morgan fingerprint density at radius 3 is 2.50 bits per heavy atom. The Morgan fingerprint density at radius 2 is 1.90 bits per heavy atom. The van der Waals surface area contributed by atoms with Crippen LogP contribution in [0.15, 0.2) is 12.1 Å². The molecule has 1 heterocycles. The molecular weight excluding hydrogens is 254 g/mol. The van der Waals surface area contributed by atoms with Crippen LogP contribution < -0.4 is 4.74 Å². The van der Waals surface area contributed by atoms with Crippen LogP contribution >= 0.6 is 0 Å². The summed E-state index contributed by atoms with van der Waals surface area (Å²) in [5.41, 5.74) is 3.14. The number of methoxy groups -OCH3 is 1. The Morgan fingerprint density at radius 1 is 1.25 bits per heavy atom. The minimum absolute atomic E-state index is 0.0720. The molecule has 1 aliphatic heterocycles. The van der Waals surface area contributed by atoms with Crippen LogP contribution in [0.3, 0.4) is 0 Å². The normalized spacial score (nSPS) is 15.3. The molecule has 0 N–H and O–H groups in total. The second-order valence-corrected chi connectivity index (χ2v) is 5.36. The first kappa shape index (κ1) is 14.6. The van der Waals surface area contributed by atoms with Gasteiger partial charge in [-0.3, -0.25) is 9.59 Å². The molecule has 1 fully saturated rings. The van der Waals surface area contributed by atoms with Gasteiger partial charge < -0.3 is 9.64 Å². The first-order valence-electron chi connectivity index (χ1n) is 6.95. The molecule has 0 unspecified atom stereocenters. The third-order valence-corrected chi connectivity index (χ3v) is 3.80. The molecule has 1 saturated heterocycles. The Hall–Kier alpha value is -1.84. The molecule has 4 nitrogen and oxygen atoms in total. The summed E-state index contributed by atoms with van der Waals surface area (Å²) in [7, 11) is 1.63. The number of hydrogen-bond donors (Lipinski definition) is 0. The van der Waals surface area contributed by atoms with Crippen LogP contribution in [0, 0.1) is 13.8 Å². The summed E-state index contributed by atoms with van der Waals surface area (Å²) in [6.07, 6.45) is 1.30. The fourth-order valence-electron chi connectivity index (χ4n) is 2.64. The van der Waals surface area contributed by atoms with Crippen molar-refractivity contribution in [3.8, 4) is 5.75 Å². The summed E-state index contributed by atoms with van der Waals surface area (Å²) < 4.78 is 5.39. The maximum Gasteiger partial charge on any atom is 0.227 e. The number of aryl methyl sites for hydroxylation is 2. The zero-order valence-electron chi connectivity index (χ0n) is 12.4. The monoisotopic (exact) mass is 275 g/mol. The van der Waals surface area contributed by atoms with Crippen molar-refractivity contribution in [1.82, 2.24) is 4.90 Å². The van der Waals surface area contributed by atoms with Crippen LogP contribution in [0.2, 0.25) is 0 Å². The molecule has 0 bridgehead atoms. The smallest absolute Gasteiger partial charge is 0.227 e. The summed E-state index contributed by atoms with van der Waals surface area (Å²) in [4.78, 5) is 25.3. The van der Waals surface area contributed by atoms with E-state index in [2.05, 4.69) is 6.07 Å². The van der Waals surface area contributed by atoms with Gasteiger partial charge in [0.1, 0.15) is 11.5 Å². The molecule has 1 amide bonds. The number of ether oxygens (including phenoxy) is 1. The quantitative estimate of drug-likeness (QED) is 0.848. The molecular formula is C16H21NO3. The lowest BCUT2D eigenvalue weighted by Gasteiger charge is -2.26. The van der Waals surface area contributed by atoms with Gasteiger partial charge in [0.2, 0.25) is 5.91 Å². The number of carbonyl (C=O) groups is 2. The highest BCUT2D eigenvalue weighted by atomic mass is 16.5. The van der Waals surface area contributed by atoms with Crippen LogP contribution in [0.4, 0.5) is 0 Å². The second-order valence-electron chi connectivity index (χ2n) is 5.36. The Balaban J connectivity index is 2.13. The van der Waals surface area contributed by atoms with E-state index < -0.39 is 0 Å². The number of likely N-dealkylation sites (tertiary alicyclic amines) is 1. The number of nitrogens with zero attached hydrogens (tertiary/aromatic N) is 1. The molecule has 4 heteroatoms. The van der Waals surface area contributed by atoms with Crippen LogP contribution in [-0.2, 0) is 16.0 Å². The number of ketones is 1. The molecule has 1 aliphatic rings. The van der Waals surface area contributed by atoms with Crippen LogP contribution in [0.25, 0.3) is 0 Å². The SMILES string of the molecule is COc1cc(C)cc(C)c1CC(=O)N1CCC(=O)CC1. The van der Waals surface area contributed by atoms with E-state index in [0.29, 0.717) is 32.4 Å². The topological polar surface area (TPSA) is 46.6 Å². The van der Waals surface area contributed by atoms with Crippen molar-refractivity contribution in [2.45, 2.75) is 33.1 Å². The van der Waals surface area contributed by atoms with Gasteiger partial charge in [0.15, 0.2) is 0 Å². The number of piperidine rings is 1. The highest BCUT2D eigenvalue weighted by Crippen LogP contribution is 2.25. The Kier molecular flexibility index (Phi) is 4.42. The summed E-state index contributed by atoms with van der Waals surface area (Å²) in [5, 5.41) is 0. The van der Waals surface area contributed by atoms with E-state index in [9.17, 15) is 9.59 Å². The zero-order valence-corrected chi connectivity index (χ0v) is 12.4. The van der Waals surface area contributed by atoms with Gasteiger partial charge in [0, 0.05) is 31.5 Å². The molecule has 0 aliphatic carbocycles. The van der Waals surface area contributed by atoms with E-state index in [1.165, 1.54) is 0 Å². The fourth-order valence-corrected chi connectivity index (χ4v) is 2.64. The minimum atomic E-state index is 0.0720. The predicted molar refractivity (Wildman–Crippen MR) is 77.0 cm³/mol. The summed E-state index contributed by atoms with van der Waals surface area (Å²) in [6.45, 7) is 5.10. The number of carbonyl (C=O) groups excluding carboxylic acids is 2. The van der Waals surface area contributed by atoms with Crippen molar-refractivity contribution >= 4 is 11.7 Å². The Bertz CT molecular complexity index is 527. The fraction of sp³-hybridized carbons (Fsp3) is 0.500. The van der Waals surface area contributed by atoms with E-state index in [-0.39, 0.29) is 11.7 Å². The number of rotatable bonds is 3. The first-order valence-corrected chi connectivity index (χ1v) is 6.95. The van der Waals surface area contributed by atoms with Gasteiger partial charge in [-0.05, 0) is 31.0 Å². The molecule has 0 saturated carbocycles. The zero-order chi connectivity index (χ0) is 14.7. The van der Waals surface area contributed by atoms with Crippen molar-refractivity contribution in [3.63, 3.8) is 0 Å². The van der Waals surface area contributed by atoms with E-state index in [1.54, 1.807) is 12.0 Å². The molecule has 1 aromatic rings. The van der Waals surface area contributed by atoms with Crippen molar-refractivity contribution in [1.29, 1.82) is 0 Å². The molecule has 0 radical (unpaired) electrons.